The molecule has 2 N–H and O–H groups in total. The van der Waals surface area contributed by atoms with Crippen LogP contribution < -0.4 is 0 Å². The Kier molecular flexibility index (Phi) is 8.29. The molecule has 1 rings (SSSR count). The lowest BCUT2D eigenvalue weighted by molar-refractivity contribution is -0.132. The van der Waals surface area contributed by atoms with Gasteiger partial charge >= 0.3 is 5.97 Å². The zero-order valence-corrected chi connectivity index (χ0v) is 15.9. The van der Waals surface area contributed by atoms with Crippen molar-refractivity contribution in [3.05, 3.63) is 76.6 Å². The van der Waals surface area contributed by atoms with E-state index in [1.165, 1.54) is 12.3 Å². The molecule has 0 aliphatic heterocycles. The standard InChI is InChI=1S/C22H27NO3/c1-6-10-23-14-20(22(25)26)21(24)13-17(4)16(3)12-18(5)19-9-7-8-15(2)11-19/h7-9,11-14,24H,5-6,10H2,1-4H3,(H,25,26)/b16-12+,17-13+,21-20-,23-14?. The van der Waals surface area contributed by atoms with Gasteiger partial charge in [0.1, 0.15) is 11.3 Å². The smallest absolute Gasteiger partial charge is 0.341 e. The Hall–Kier alpha value is -2.88. The maximum absolute atomic E-state index is 11.3. The van der Waals surface area contributed by atoms with Crippen molar-refractivity contribution in [2.45, 2.75) is 34.1 Å². The van der Waals surface area contributed by atoms with E-state index >= 15 is 0 Å². The first kappa shape index (κ1) is 21.2. The Morgan fingerprint density at radius 2 is 1.85 bits per heavy atom. The number of hydrogen-bond acceptors (Lipinski definition) is 3. The minimum atomic E-state index is -1.21. The summed E-state index contributed by atoms with van der Waals surface area (Å²) in [4.78, 5) is 15.3. The highest BCUT2D eigenvalue weighted by Crippen LogP contribution is 2.20. The van der Waals surface area contributed by atoms with Crippen molar-refractivity contribution in [1.82, 2.24) is 0 Å². The van der Waals surface area contributed by atoms with Crippen molar-refractivity contribution < 1.29 is 15.0 Å². The summed E-state index contributed by atoms with van der Waals surface area (Å²) < 4.78 is 0. The van der Waals surface area contributed by atoms with E-state index in [1.807, 2.05) is 52.0 Å². The number of aliphatic carboxylic acids is 1. The SMILES string of the molecule is C=C(/C=C(C)/C(C)=C/C(O)=C(\C=NCCC)C(=O)O)c1cccc(C)c1. The number of benzene rings is 1. The van der Waals surface area contributed by atoms with Gasteiger partial charge in [-0.1, -0.05) is 49.4 Å². The summed E-state index contributed by atoms with van der Waals surface area (Å²) in [6.07, 6.45) is 5.37. The number of allylic oxidation sites excluding steroid dienone is 5. The van der Waals surface area contributed by atoms with Gasteiger partial charge in [-0.2, -0.15) is 0 Å². The van der Waals surface area contributed by atoms with Crippen LogP contribution in [0.3, 0.4) is 0 Å². The fraction of sp³-hybridized carbons (Fsp3) is 0.273. The summed E-state index contributed by atoms with van der Waals surface area (Å²) in [5.41, 5.74) is 4.44. The van der Waals surface area contributed by atoms with Crippen molar-refractivity contribution in [1.29, 1.82) is 0 Å². The number of hydrogen-bond donors (Lipinski definition) is 2. The molecule has 4 heteroatoms. The molecule has 1 aromatic rings. The second-order valence-corrected chi connectivity index (χ2v) is 6.19. The molecule has 0 amide bonds. The first-order valence-corrected chi connectivity index (χ1v) is 8.55. The monoisotopic (exact) mass is 353 g/mol. The van der Waals surface area contributed by atoms with Crippen molar-refractivity contribution >= 4 is 17.8 Å². The third-order valence-electron chi connectivity index (χ3n) is 3.83. The Bertz CT molecular complexity index is 795. The van der Waals surface area contributed by atoms with E-state index in [-0.39, 0.29) is 11.3 Å². The number of aliphatic hydroxyl groups excluding tert-OH is 1. The molecule has 0 fully saturated rings. The molecule has 0 radical (unpaired) electrons. The largest absolute Gasteiger partial charge is 0.507 e. The van der Waals surface area contributed by atoms with Gasteiger partial charge in [0.15, 0.2) is 0 Å². The minimum Gasteiger partial charge on any atom is -0.507 e. The lowest BCUT2D eigenvalue weighted by atomic mass is 10.00. The molecule has 0 heterocycles. The van der Waals surface area contributed by atoms with Gasteiger partial charge in [0, 0.05) is 12.8 Å². The normalized spacial score (nSPS) is 13.7. The average Bonchev–Trinajstić information content (AvgIpc) is 2.58. The number of aliphatic hydroxyl groups is 1. The van der Waals surface area contributed by atoms with Crippen LogP contribution in [0.4, 0.5) is 0 Å². The number of rotatable bonds is 8. The van der Waals surface area contributed by atoms with Crippen LogP contribution in [0, 0.1) is 6.92 Å². The van der Waals surface area contributed by atoms with Crippen LogP contribution in [-0.4, -0.2) is 28.9 Å². The lowest BCUT2D eigenvalue weighted by Crippen LogP contribution is -2.06. The van der Waals surface area contributed by atoms with E-state index < -0.39 is 5.97 Å². The molecular weight excluding hydrogens is 326 g/mol. The maximum atomic E-state index is 11.3. The number of carboxylic acids is 1. The first-order valence-electron chi connectivity index (χ1n) is 8.55. The summed E-state index contributed by atoms with van der Waals surface area (Å²) in [5, 5.41) is 19.4. The molecule has 0 aromatic heterocycles. The highest BCUT2D eigenvalue weighted by atomic mass is 16.4. The summed E-state index contributed by atoms with van der Waals surface area (Å²) in [5.74, 6) is -1.53. The van der Waals surface area contributed by atoms with Gasteiger partial charge in [0.05, 0.1) is 0 Å². The van der Waals surface area contributed by atoms with Gasteiger partial charge in [0.2, 0.25) is 0 Å². The van der Waals surface area contributed by atoms with Crippen molar-refractivity contribution in [2.24, 2.45) is 4.99 Å². The summed E-state index contributed by atoms with van der Waals surface area (Å²) in [6, 6.07) is 8.04. The molecule has 26 heavy (non-hydrogen) atoms. The highest BCUT2D eigenvalue weighted by molar-refractivity contribution is 6.09. The van der Waals surface area contributed by atoms with Crippen molar-refractivity contribution in [3.8, 4) is 0 Å². The van der Waals surface area contributed by atoms with Crippen LogP contribution >= 0.6 is 0 Å². The predicted molar refractivity (Wildman–Crippen MR) is 109 cm³/mol. The number of aryl methyl sites for hydroxylation is 1. The van der Waals surface area contributed by atoms with E-state index in [1.54, 1.807) is 0 Å². The van der Waals surface area contributed by atoms with Gasteiger partial charge in [-0.15, -0.1) is 0 Å². The van der Waals surface area contributed by atoms with Crippen molar-refractivity contribution in [2.75, 3.05) is 6.54 Å². The van der Waals surface area contributed by atoms with Crippen LogP contribution in [0.25, 0.3) is 5.57 Å². The van der Waals surface area contributed by atoms with E-state index in [4.69, 9.17) is 0 Å². The van der Waals surface area contributed by atoms with Gasteiger partial charge in [0.25, 0.3) is 0 Å². The molecule has 0 aliphatic carbocycles. The van der Waals surface area contributed by atoms with E-state index in [0.29, 0.717) is 6.54 Å². The first-order chi connectivity index (χ1) is 12.3. The lowest BCUT2D eigenvalue weighted by Gasteiger charge is -2.07. The minimum absolute atomic E-state index is 0.219. The topological polar surface area (TPSA) is 69.9 Å². The molecule has 0 saturated carbocycles. The summed E-state index contributed by atoms with van der Waals surface area (Å²) in [7, 11) is 0. The average molecular weight is 353 g/mol. The zero-order chi connectivity index (χ0) is 19.7. The number of carboxylic acid groups (broad SMARTS) is 1. The van der Waals surface area contributed by atoms with E-state index in [0.717, 1.165) is 34.3 Å². The van der Waals surface area contributed by atoms with Crippen LogP contribution in [0.15, 0.2) is 70.5 Å². The van der Waals surface area contributed by atoms with Crippen LogP contribution in [-0.2, 0) is 4.79 Å². The van der Waals surface area contributed by atoms with Crippen LogP contribution in [0.1, 0.15) is 38.3 Å². The Balaban J connectivity index is 3.10. The van der Waals surface area contributed by atoms with Gasteiger partial charge in [-0.25, -0.2) is 4.79 Å². The second kappa shape index (κ2) is 10.2. The molecule has 0 aliphatic rings. The third-order valence-corrected chi connectivity index (χ3v) is 3.83. The molecule has 138 valence electrons. The van der Waals surface area contributed by atoms with Gasteiger partial charge in [-0.05, 0) is 55.6 Å². The Labute approximate surface area is 155 Å². The predicted octanol–water partition coefficient (Wildman–Crippen LogP) is 5.28. The van der Waals surface area contributed by atoms with Crippen molar-refractivity contribution in [3.63, 3.8) is 0 Å². The fourth-order valence-corrected chi connectivity index (χ4v) is 2.22. The van der Waals surface area contributed by atoms with E-state index in [2.05, 4.69) is 17.6 Å². The highest BCUT2D eigenvalue weighted by Gasteiger charge is 2.10. The van der Waals surface area contributed by atoms with Crippen LogP contribution in [0.5, 0.6) is 0 Å². The zero-order valence-electron chi connectivity index (χ0n) is 15.9. The number of aliphatic imine (C=N–C) groups is 1. The molecular formula is C22H27NO3. The number of carbonyl (C=O) groups is 1. The maximum Gasteiger partial charge on any atom is 0.341 e. The third kappa shape index (κ3) is 6.55. The number of nitrogens with zero attached hydrogens (tertiary/aromatic N) is 1. The molecule has 0 atom stereocenters. The fourth-order valence-electron chi connectivity index (χ4n) is 2.22. The quantitative estimate of drug-likeness (QED) is 0.289. The molecule has 0 spiro atoms. The van der Waals surface area contributed by atoms with Gasteiger partial charge < -0.3 is 10.2 Å². The van der Waals surface area contributed by atoms with Gasteiger partial charge in [-0.3, -0.25) is 4.99 Å². The summed E-state index contributed by atoms with van der Waals surface area (Å²) >= 11 is 0. The second-order valence-electron chi connectivity index (χ2n) is 6.19. The molecule has 4 nitrogen and oxygen atoms in total. The molecule has 1 aromatic carbocycles. The molecule has 0 unspecified atom stereocenters. The Morgan fingerprint density at radius 1 is 1.19 bits per heavy atom. The molecule has 0 bridgehead atoms. The van der Waals surface area contributed by atoms with Crippen LogP contribution in [0.2, 0.25) is 0 Å². The Morgan fingerprint density at radius 3 is 2.42 bits per heavy atom. The summed E-state index contributed by atoms with van der Waals surface area (Å²) in [6.45, 7) is 12.3. The molecule has 0 saturated heterocycles. The van der Waals surface area contributed by atoms with E-state index in [9.17, 15) is 15.0 Å².